The van der Waals surface area contributed by atoms with Gasteiger partial charge >= 0.3 is 5.97 Å². The number of unbranched alkanes of at least 4 members (excludes halogenated alkanes) is 1. The molecule has 0 unspecified atom stereocenters. The van der Waals surface area contributed by atoms with Crippen LogP contribution in [0.1, 0.15) is 62.6 Å². The summed E-state index contributed by atoms with van der Waals surface area (Å²) in [4.78, 5) is 26.2. The number of hydrogen-bond acceptors (Lipinski definition) is 5. The molecule has 2 rings (SSSR count). The second-order valence-electron chi connectivity index (χ2n) is 5.37. The zero-order valence-electron chi connectivity index (χ0n) is 12.0. The molecule has 1 saturated carbocycles. The largest absolute Gasteiger partial charge is 0.481 e. The minimum absolute atomic E-state index is 0.0211. The highest BCUT2D eigenvalue weighted by molar-refractivity contribution is 5.75. The fourth-order valence-corrected chi connectivity index (χ4v) is 1.99. The molecule has 1 fully saturated rings. The van der Waals surface area contributed by atoms with Crippen LogP contribution in [0.4, 0.5) is 0 Å². The quantitative estimate of drug-likeness (QED) is 0.636. The molecule has 116 valence electrons. The molecule has 21 heavy (non-hydrogen) atoms. The second-order valence-corrected chi connectivity index (χ2v) is 5.37. The number of carboxylic acid groups (broad SMARTS) is 1. The van der Waals surface area contributed by atoms with Gasteiger partial charge in [-0.2, -0.15) is 4.98 Å². The van der Waals surface area contributed by atoms with Gasteiger partial charge in [-0.3, -0.25) is 9.59 Å². The summed E-state index contributed by atoms with van der Waals surface area (Å²) in [7, 11) is 0. The molecular formula is C14H21N3O4. The average molecular weight is 295 g/mol. The van der Waals surface area contributed by atoms with E-state index in [2.05, 4.69) is 15.5 Å². The van der Waals surface area contributed by atoms with Crippen molar-refractivity contribution in [3.8, 4) is 0 Å². The average Bonchev–Trinajstić information content (AvgIpc) is 3.18. The lowest BCUT2D eigenvalue weighted by molar-refractivity contribution is -0.137. The van der Waals surface area contributed by atoms with Gasteiger partial charge in [0.1, 0.15) is 0 Å². The Bertz CT molecular complexity index is 482. The summed E-state index contributed by atoms with van der Waals surface area (Å²) in [6.07, 6.45) is 5.41. The van der Waals surface area contributed by atoms with E-state index in [0.717, 1.165) is 18.7 Å². The van der Waals surface area contributed by atoms with Crippen LogP contribution in [-0.4, -0.2) is 33.7 Å². The number of carbonyl (C=O) groups excluding carboxylic acids is 1. The van der Waals surface area contributed by atoms with Crippen LogP contribution < -0.4 is 5.32 Å². The number of rotatable bonds is 10. The van der Waals surface area contributed by atoms with Crippen molar-refractivity contribution in [2.24, 2.45) is 0 Å². The van der Waals surface area contributed by atoms with E-state index in [-0.39, 0.29) is 12.3 Å². The Hall–Kier alpha value is -1.92. The number of nitrogens with zero attached hydrogens (tertiary/aromatic N) is 2. The molecular weight excluding hydrogens is 274 g/mol. The summed E-state index contributed by atoms with van der Waals surface area (Å²) in [5.41, 5.74) is 0. The first-order valence-corrected chi connectivity index (χ1v) is 7.46. The molecule has 1 aliphatic rings. The fraction of sp³-hybridized carbons (Fsp3) is 0.714. The molecule has 0 aromatic carbocycles. The smallest absolute Gasteiger partial charge is 0.303 e. The topological polar surface area (TPSA) is 105 Å². The lowest BCUT2D eigenvalue weighted by Gasteiger charge is -2.03. The van der Waals surface area contributed by atoms with E-state index >= 15 is 0 Å². The Morgan fingerprint density at radius 1 is 1.24 bits per heavy atom. The van der Waals surface area contributed by atoms with Crippen LogP contribution in [0.25, 0.3) is 0 Å². The zero-order chi connectivity index (χ0) is 15.1. The van der Waals surface area contributed by atoms with Gasteiger partial charge in [0, 0.05) is 31.7 Å². The van der Waals surface area contributed by atoms with E-state index in [1.807, 2.05) is 0 Å². The highest BCUT2D eigenvalue weighted by atomic mass is 16.5. The van der Waals surface area contributed by atoms with Gasteiger partial charge in [0.15, 0.2) is 5.82 Å². The van der Waals surface area contributed by atoms with E-state index in [1.54, 1.807) is 0 Å². The molecule has 1 heterocycles. The van der Waals surface area contributed by atoms with Gasteiger partial charge in [0.25, 0.3) is 0 Å². The standard InChI is InChI=1S/C14H21N3O4/c18-11(15-9-2-1-6-13(19)20)4-3-5-12-16-14(17-21-12)10-7-8-10/h10H,1-9H2,(H,15,18)(H,19,20). The summed E-state index contributed by atoms with van der Waals surface area (Å²) < 4.78 is 5.13. The first-order chi connectivity index (χ1) is 10.1. The fourth-order valence-electron chi connectivity index (χ4n) is 1.99. The Balaban J connectivity index is 1.51. The zero-order valence-corrected chi connectivity index (χ0v) is 12.0. The minimum Gasteiger partial charge on any atom is -0.481 e. The van der Waals surface area contributed by atoms with Crippen molar-refractivity contribution in [3.63, 3.8) is 0 Å². The minimum atomic E-state index is -0.800. The molecule has 0 saturated heterocycles. The molecule has 0 bridgehead atoms. The maximum absolute atomic E-state index is 11.6. The number of carboxylic acids is 1. The van der Waals surface area contributed by atoms with Crippen LogP contribution in [0.15, 0.2) is 4.52 Å². The third-order valence-corrected chi connectivity index (χ3v) is 3.36. The third-order valence-electron chi connectivity index (χ3n) is 3.36. The number of aryl methyl sites for hydroxylation is 1. The van der Waals surface area contributed by atoms with E-state index in [0.29, 0.717) is 50.5 Å². The molecule has 1 aliphatic carbocycles. The monoisotopic (exact) mass is 295 g/mol. The highest BCUT2D eigenvalue weighted by Crippen LogP contribution is 2.38. The van der Waals surface area contributed by atoms with Gasteiger partial charge in [0.2, 0.25) is 11.8 Å². The predicted molar refractivity (Wildman–Crippen MR) is 73.7 cm³/mol. The van der Waals surface area contributed by atoms with Gasteiger partial charge in [0.05, 0.1) is 0 Å². The molecule has 0 radical (unpaired) electrons. The molecule has 0 atom stereocenters. The van der Waals surface area contributed by atoms with Gasteiger partial charge in [-0.15, -0.1) is 0 Å². The summed E-state index contributed by atoms with van der Waals surface area (Å²) in [5.74, 6) is 1.06. The van der Waals surface area contributed by atoms with Crippen molar-refractivity contribution >= 4 is 11.9 Å². The van der Waals surface area contributed by atoms with Crippen LogP contribution in [0, 0.1) is 0 Å². The molecule has 7 heteroatoms. The van der Waals surface area contributed by atoms with Crippen molar-refractivity contribution in [3.05, 3.63) is 11.7 Å². The van der Waals surface area contributed by atoms with Gasteiger partial charge in [-0.1, -0.05) is 5.16 Å². The van der Waals surface area contributed by atoms with Crippen molar-refractivity contribution in [2.45, 2.75) is 57.3 Å². The summed E-state index contributed by atoms with van der Waals surface area (Å²) in [6.45, 7) is 0.526. The Kier molecular flexibility index (Phi) is 5.71. The molecule has 1 amide bonds. The number of aromatic nitrogens is 2. The Morgan fingerprint density at radius 2 is 2.05 bits per heavy atom. The lowest BCUT2D eigenvalue weighted by atomic mass is 10.2. The Labute approximate surface area is 123 Å². The van der Waals surface area contributed by atoms with E-state index in [1.165, 1.54) is 0 Å². The number of carbonyl (C=O) groups is 2. The van der Waals surface area contributed by atoms with Gasteiger partial charge in [-0.25, -0.2) is 0 Å². The van der Waals surface area contributed by atoms with Crippen molar-refractivity contribution < 1.29 is 19.2 Å². The van der Waals surface area contributed by atoms with Crippen LogP contribution in [0.5, 0.6) is 0 Å². The SMILES string of the molecule is O=C(O)CCCCNC(=O)CCCc1nc(C2CC2)no1. The molecule has 1 aromatic heterocycles. The summed E-state index contributed by atoms with van der Waals surface area (Å²) >= 11 is 0. The summed E-state index contributed by atoms with van der Waals surface area (Å²) in [6, 6.07) is 0. The number of amides is 1. The number of nitrogens with one attached hydrogen (secondary N) is 1. The van der Waals surface area contributed by atoms with Crippen LogP contribution in [0.2, 0.25) is 0 Å². The van der Waals surface area contributed by atoms with Gasteiger partial charge in [-0.05, 0) is 32.1 Å². The Morgan fingerprint density at radius 3 is 2.76 bits per heavy atom. The molecule has 0 spiro atoms. The molecule has 2 N–H and O–H groups in total. The van der Waals surface area contributed by atoms with Crippen molar-refractivity contribution in [1.29, 1.82) is 0 Å². The first-order valence-electron chi connectivity index (χ1n) is 7.46. The van der Waals surface area contributed by atoms with E-state index in [9.17, 15) is 9.59 Å². The summed E-state index contributed by atoms with van der Waals surface area (Å²) in [5, 5.41) is 15.2. The maximum atomic E-state index is 11.6. The lowest BCUT2D eigenvalue weighted by Crippen LogP contribution is -2.24. The van der Waals surface area contributed by atoms with Crippen LogP contribution in [0.3, 0.4) is 0 Å². The number of hydrogen-bond donors (Lipinski definition) is 2. The van der Waals surface area contributed by atoms with E-state index in [4.69, 9.17) is 9.63 Å². The maximum Gasteiger partial charge on any atom is 0.303 e. The highest BCUT2D eigenvalue weighted by Gasteiger charge is 2.28. The van der Waals surface area contributed by atoms with Crippen LogP contribution >= 0.6 is 0 Å². The predicted octanol–water partition coefficient (Wildman–Crippen LogP) is 1.64. The molecule has 7 nitrogen and oxygen atoms in total. The third kappa shape index (κ3) is 5.93. The van der Waals surface area contributed by atoms with Crippen LogP contribution in [-0.2, 0) is 16.0 Å². The van der Waals surface area contributed by atoms with Crippen molar-refractivity contribution in [1.82, 2.24) is 15.5 Å². The number of aliphatic carboxylic acids is 1. The molecule has 0 aliphatic heterocycles. The molecule has 1 aromatic rings. The normalized spacial score (nSPS) is 14.1. The first kappa shape index (κ1) is 15.5. The van der Waals surface area contributed by atoms with Crippen molar-refractivity contribution in [2.75, 3.05) is 6.54 Å². The van der Waals surface area contributed by atoms with E-state index < -0.39 is 5.97 Å². The second kappa shape index (κ2) is 7.75. The van der Waals surface area contributed by atoms with Gasteiger partial charge < -0.3 is 14.9 Å².